The van der Waals surface area contributed by atoms with Crippen molar-refractivity contribution in [2.45, 2.75) is 45.4 Å². The van der Waals surface area contributed by atoms with Crippen LogP contribution < -0.4 is 4.90 Å². The number of likely N-dealkylation sites (tertiary alicyclic amines) is 2. The molecular formula is C29H37ClFN3O2. The van der Waals surface area contributed by atoms with E-state index in [9.17, 15) is 14.0 Å². The normalized spacial score (nSPS) is 17.8. The van der Waals surface area contributed by atoms with Gasteiger partial charge in [-0.2, -0.15) is 0 Å². The van der Waals surface area contributed by atoms with Crippen LogP contribution in [0, 0.1) is 17.7 Å². The van der Waals surface area contributed by atoms with Crippen molar-refractivity contribution >= 4 is 29.1 Å². The fourth-order valence-corrected chi connectivity index (χ4v) is 5.72. The van der Waals surface area contributed by atoms with Crippen LogP contribution in [0.2, 0.25) is 5.02 Å². The Bertz CT molecular complexity index is 1030. The van der Waals surface area contributed by atoms with E-state index in [2.05, 4.69) is 4.90 Å². The average molecular weight is 514 g/mol. The number of hydrogen-bond acceptors (Lipinski definition) is 3. The lowest BCUT2D eigenvalue weighted by molar-refractivity contribution is -0.133. The van der Waals surface area contributed by atoms with Gasteiger partial charge < -0.3 is 14.7 Å². The summed E-state index contributed by atoms with van der Waals surface area (Å²) in [7, 11) is 0. The molecule has 0 N–H and O–H groups in total. The molecule has 0 unspecified atom stereocenters. The first kappa shape index (κ1) is 26.6. The van der Waals surface area contributed by atoms with Gasteiger partial charge in [-0.05, 0) is 100.0 Å². The molecule has 0 spiro atoms. The van der Waals surface area contributed by atoms with Gasteiger partial charge in [-0.25, -0.2) is 4.39 Å². The highest BCUT2D eigenvalue weighted by Gasteiger charge is 2.30. The minimum atomic E-state index is -0.159. The Balaban J connectivity index is 1.29. The van der Waals surface area contributed by atoms with E-state index in [-0.39, 0.29) is 23.5 Å². The molecule has 2 aliphatic rings. The van der Waals surface area contributed by atoms with Crippen molar-refractivity contribution in [3.05, 3.63) is 64.9 Å². The number of anilines is 1. The van der Waals surface area contributed by atoms with Crippen LogP contribution in [-0.4, -0.2) is 60.9 Å². The number of halogens is 2. The lowest BCUT2D eigenvalue weighted by atomic mass is 9.90. The first-order valence-electron chi connectivity index (χ1n) is 13.2. The van der Waals surface area contributed by atoms with Crippen molar-refractivity contribution in [1.82, 2.24) is 9.80 Å². The summed E-state index contributed by atoms with van der Waals surface area (Å²) in [5.41, 5.74) is 1.92. The first-order chi connectivity index (χ1) is 17.4. The first-order valence-corrected chi connectivity index (χ1v) is 13.6. The Morgan fingerprint density at radius 1 is 1.00 bits per heavy atom. The molecule has 2 saturated heterocycles. The largest absolute Gasteiger partial charge is 0.343 e. The van der Waals surface area contributed by atoms with Crippen LogP contribution in [0.3, 0.4) is 0 Å². The topological polar surface area (TPSA) is 43.9 Å². The van der Waals surface area contributed by atoms with Gasteiger partial charge in [0, 0.05) is 43.2 Å². The van der Waals surface area contributed by atoms with Gasteiger partial charge >= 0.3 is 0 Å². The predicted octanol–water partition coefficient (Wildman–Crippen LogP) is 5.42. The number of rotatable bonds is 8. The van der Waals surface area contributed by atoms with Crippen LogP contribution in [0.4, 0.5) is 10.1 Å². The standard InChI is InChI=1S/C29H37ClFN3O2/c1-22(35)33-17-11-25(12-18-33)29(36)34(28-8-3-6-26(30)21-28)14-4-13-32-15-9-23(10-16-32)19-24-5-2-7-27(31)20-24/h2-3,5-8,20-21,23,25H,4,9-19H2,1H3. The molecule has 0 radical (unpaired) electrons. The molecule has 2 heterocycles. The highest BCUT2D eigenvalue weighted by Crippen LogP contribution is 2.27. The zero-order valence-electron chi connectivity index (χ0n) is 21.2. The number of carbonyl (C=O) groups excluding carboxylic acids is 2. The summed E-state index contributed by atoms with van der Waals surface area (Å²) in [5.74, 6) is 0.571. The van der Waals surface area contributed by atoms with Gasteiger partial charge in [-0.1, -0.05) is 29.8 Å². The molecule has 4 rings (SSSR count). The van der Waals surface area contributed by atoms with Crippen LogP contribution in [0.15, 0.2) is 48.5 Å². The van der Waals surface area contributed by atoms with E-state index in [1.54, 1.807) is 19.1 Å². The monoisotopic (exact) mass is 513 g/mol. The van der Waals surface area contributed by atoms with Crippen LogP contribution in [0.25, 0.3) is 0 Å². The minimum Gasteiger partial charge on any atom is -0.343 e. The molecule has 0 atom stereocenters. The quantitative estimate of drug-likeness (QED) is 0.473. The number of piperidine rings is 2. The molecular weight excluding hydrogens is 477 g/mol. The van der Waals surface area contributed by atoms with Crippen molar-refractivity contribution in [1.29, 1.82) is 0 Å². The number of benzene rings is 2. The smallest absolute Gasteiger partial charge is 0.230 e. The van der Waals surface area contributed by atoms with Crippen molar-refractivity contribution in [3.63, 3.8) is 0 Å². The maximum atomic E-state index is 13.5. The molecule has 7 heteroatoms. The molecule has 2 fully saturated rings. The fraction of sp³-hybridized carbons (Fsp3) is 0.517. The predicted molar refractivity (Wildman–Crippen MR) is 143 cm³/mol. The van der Waals surface area contributed by atoms with E-state index in [1.165, 1.54) is 6.07 Å². The molecule has 5 nitrogen and oxygen atoms in total. The summed E-state index contributed by atoms with van der Waals surface area (Å²) in [6, 6.07) is 14.5. The Kier molecular flexibility index (Phi) is 9.38. The zero-order valence-corrected chi connectivity index (χ0v) is 21.9. The lowest BCUT2D eigenvalue weighted by Gasteiger charge is -2.35. The Labute approximate surface area is 219 Å². The highest BCUT2D eigenvalue weighted by atomic mass is 35.5. The molecule has 2 aliphatic heterocycles. The third-order valence-electron chi connectivity index (χ3n) is 7.65. The summed E-state index contributed by atoms with van der Waals surface area (Å²) in [6.07, 6.45) is 5.46. The molecule has 194 valence electrons. The van der Waals surface area contributed by atoms with Crippen molar-refractivity contribution in [2.75, 3.05) is 44.2 Å². The molecule has 0 aromatic heterocycles. The van der Waals surface area contributed by atoms with Gasteiger partial charge in [0.2, 0.25) is 11.8 Å². The molecule has 2 aromatic rings. The third-order valence-corrected chi connectivity index (χ3v) is 7.89. The van der Waals surface area contributed by atoms with Crippen molar-refractivity contribution in [2.24, 2.45) is 11.8 Å². The second-order valence-electron chi connectivity index (χ2n) is 10.2. The summed E-state index contributed by atoms with van der Waals surface area (Å²) in [4.78, 5) is 31.4. The van der Waals surface area contributed by atoms with Crippen LogP contribution in [0.5, 0.6) is 0 Å². The maximum Gasteiger partial charge on any atom is 0.230 e. The maximum absolute atomic E-state index is 13.5. The number of amides is 2. The van der Waals surface area contributed by atoms with Gasteiger partial charge in [-0.15, -0.1) is 0 Å². The molecule has 2 aromatic carbocycles. The summed E-state index contributed by atoms with van der Waals surface area (Å²) >= 11 is 6.26. The van der Waals surface area contributed by atoms with E-state index in [4.69, 9.17) is 11.6 Å². The van der Waals surface area contributed by atoms with E-state index >= 15 is 0 Å². The minimum absolute atomic E-state index is 0.0712. The van der Waals surface area contributed by atoms with Gasteiger partial charge in [-0.3, -0.25) is 9.59 Å². The molecule has 0 saturated carbocycles. The fourth-order valence-electron chi connectivity index (χ4n) is 5.54. The van der Waals surface area contributed by atoms with E-state index in [0.717, 1.165) is 56.6 Å². The number of hydrogen-bond donors (Lipinski definition) is 0. The van der Waals surface area contributed by atoms with E-state index in [1.807, 2.05) is 40.1 Å². The Morgan fingerprint density at radius 3 is 2.39 bits per heavy atom. The molecule has 36 heavy (non-hydrogen) atoms. The molecule has 0 aliphatic carbocycles. The number of carbonyl (C=O) groups is 2. The van der Waals surface area contributed by atoms with Gasteiger partial charge in [0.25, 0.3) is 0 Å². The third kappa shape index (κ3) is 7.30. The van der Waals surface area contributed by atoms with Crippen molar-refractivity contribution < 1.29 is 14.0 Å². The summed E-state index contributed by atoms with van der Waals surface area (Å²) in [5, 5.41) is 0.622. The van der Waals surface area contributed by atoms with Gasteiger partial charge in [0.05, 0.1) is 0 Å². The second kappa shape index (κ2) is 12.7. The average Bonchev–Trinajstić information content (AvgIpc) is 2.87. The van der Waals surface area contributed by atoms with Crippen LogP contribution in [0.1, 0.15) is 44.6 Å². The van der Waals surface area contributed by atoms with Crippen LogP contribution in [-0.2, 0) is 16.0 Å². The van der Waals surface area contributed by atoms with Crippen LogP contribution >= 0.6 is 11.6 Å². The van der Waals surface area contributed by atoms with E-state index < -0.39 is 0 Å². The Hall–Kier alpha value is -2.44. The SMILES string of the molecule is CC(=O)N1CCC(C(=O)N(CCCN2CCC(Cc3cccc(F)c3)CC2)c2cccc(Cl)c2)CC1. The Morgan fingerprint density at radius 2 is 1.72 bits per heavy atom. The van der Waals surface area contributed by atoms with E-state index in [0.29, 0.717) is 43.4 Å². The lowest BCUT2D eigenvalue weighted by Crippen LogP contribution is -2.45. The summed E-state index contributed by atoms with van der Waals surface area (Å²) in [6.45, 7) is 6.53. The zero-order chi connectivity index (χ0) is 25.5. The van der Waals surface area contributed by atoms with Gasteiger partial charge in [0.1, 0.15) is 5.82 Å². The second-order valence-corrected chi connectivity index (χ2v) is 10.7. The summed E-state index contributed by atoms with van der Waals surface area (Å²) < 4.78 is 13.5. The highest BCUT2D eigenvalue weighted by molar-refractivity contribution is 6.30. The molecule has 0 bridgehead atoms. The van der Waals surface area contributed by atoms with Crippen molar-refractivity contribution in [3.8, 4) is 0 Å². The number of nitrogens with zero attached hydrogens (tertiary/aromatic N) is 3. The molecule has 2 amide bonds. The van der Waals surface area contributed by atoms with Gasteiger partial charge in [0.15, 0.2) is 0 Å².